The number of hydrogen-bond donors (Lipinski definition) is 0. The molecule has 21 heavy (non-hydrogen) atoms. The minimum absolute atomic E-state index is 0.0825. The third-order valence-corrected chi connectivity index (χ3v) is 3.85. The summed E-state index contributed by atoms with van der Waals surface area (Å²) in [6.07, 6.45) is 3.56. The molecule has 0 radical (unpaired) electrons. The van der Waals surface area contributed by atoms with Crippen LogP contribution >= 0.6 is 11.3 Å². The summed E-state index contributed by atoms with van der Waals surface area (Å²) in [6.45, 7) is 4.00. The van der Waals surface area contributed by atoms with Gasteiger partial charge in [-0.05, 0) is 26.0 Å². The van der Waals surface area contributed by atoms with Crippen molar-refractivity contribution in [3.05, 3.63) is 46.5 Å². The standard InChI is InChI=1S/C16H17N3OS/c1-11(2)20-16-14(7-8-15-17-9-10-21-15)18-12-5-3-4-6-13(12)19-16/h3-6,9-11H,7-8H2,1-2H3. The molecule has 2 aromatic heterocycles. The van der Waals surface area contributed by atoms with Crippen LogP contribution in [-0.4, -0.2) is 21.1 Å². The zero-order valence-electron chi connectivity index (χ0n) is 12.1. The third-order valence-electron chi connectivity index (χ3n) is 3.01. The molecule has 0 saturated heterocycles. The van der Waals surface area contributed by atoms with Gasteiger partial charge in [-0.25, -0.2) is 15.0 Å². The zero-order valence-corrected chi connectivity index (χ0v) is 12.9. The van der Waals surface area contributed by atoms with Gasteiger partial charge in [-0.1, -0.05) is 12.1 Å². The minimum Gasteiger partial charge on any atom is -0.474 e. The molecule has 5 heteroatoms. The highest BCUT2D eigenvalue weighted by molar-refractivity contribution is 7.09. The van der Waals surface area contributed by atoms with E-state index >= 15 is 0 Å². The van der Waals surface area contributed by atoms with Crippen LogP contribution < -0.4 is 4.74 Å². The van der Waals surface area contributed by atoms with Gasteiger partial charge in [0.15, 0.2) is 0 Å². The van der Waals surface area contributed by atoms with Gasteiger partial charge >= 0.3 is 0 Å². The Balaban J connectivity index is 1.93. The maximum Gasteiger partial charge on any atom is 0.236 e. The fraction of sp³-hybridized carbons (Fsp3) is 0.312. The Labute approximate surface area is 127 Å². The molecule has 0 bridgehead atoms. The molecule has 0 N–H and O–H groups in total. The van der Waals surface area contributed by atoms with Crippen LogP contribution in [0.5, 0.6) is 5.88 Å². The summed E-state index contributed by atoms with van der Waals surface area (Å²) >= 11 is 1.67. The van der Waals surface area contributed by atoms with Crippen molar-refractivity contribution < 1.29 is 4.74 Å². The van der Waals surface area contributed by atoms with Crippen molar-refractivity contribution in [3.63, 3.8) is 0 Å². The number of benzene rings is 1. The summed E-state index contributed by atoms with van der Waals surface area (Å²) < 4.78 is 5.83. The Kier molecular flexibility index (Phi) is 4.10. The Morgan fingerprint density at radius 1 is 1.10 bits per heavy atom. The average Bonchev–Trinajstić information content (AvgIpc) is 2.97. The molecule has 3 aromatic rings. The van der Waals surface area contributed by atoms with Gasteiger partial charge in [-0.2, -0.15) is 0 Å². The molecule has 0 saturated carbocycles. The smallest absolute Gasteiger partial charge is 0.236 e. The number of ether oxygens (including phenoxy) is 1. The fourth-order valence-corrected chi connectivity index (χ4v) is 2.72. The Bertz CT molecular complexity index is 725. The largest absolute Gasteiger partial charge is 0.474 e. The highest BCUT2D eigenvalue weighted by Crippen LogP contribution is 2.22. The van der Waals surface area contributed by atoms with Gasteiger partial charge in [0.2, 0.25) is 5.88 Å². The van der Waals surface area contributed by atoms with Crippen LogP contribution in [0, 0.1) is 0 Å². The molecule has 3 rings (SSSR count). The summed E-state index contributed by atoms with van der Waals surface area (Å²) in [5, 5.41) is 3.10. The summed E-state index contributed by atoms with van der Waals surface area (Å²) in [5.41, 5.74) is 2.67. The summed E-state index contributed by atoms with van der Waals surface area (Å²) in [5.74, 6) is 0.639. The van der Waals surface area contributed by atoms with Gasteiger partial charge in [-0.3, -0.25) is 0 Å². The number of fused-ring (bicyclic) bond motifs is 1. The lowest BCUT2D eigenvalue weighted by atomic mass is 10.2. The first-order valence-electron chi connectivity index (χ1n) is 7.03. The Morgan fingerprint density at radius 2 is 1.86 bits per heavy atom. The van der Waals surface area contributed by atoms with Crippen molar-refractivity contribution in [2.24, 2.45) is 0 Å². The molecular formula is C16H17N3OS. The molecule has 0 unspecified atom stereocenters. The van der Waals surface area contributed by atoms with E-state index in [0.29, 0.717) is 5.88 Å². The second-order valence-electron chi connectivity index (χ2n) is 5.06. The Hall–Kier alpha value is -2.01. The first kappa shape index (κ1) is 13.9. The van der Waals surface area contributed by atoms with E-state index in [0.717, 1.165) is 34.6 Å². The van der Waals surface area contributed by atoms with Crippen LogP contribution in [0.1, 0.15) is 24.5 Å². The van der Waals surface area contributed by atoms with Crippen LogP contribution in [0.4, 0.5) is 0 Å². The molecule has 0 fully saturated rings. The van der Waals surface area contributed by atoms with Gasteiger partial charge in [0.05, 0.1) is 22.1 Å². The lowest BCUT2D eigenvalue weighted by Crippen LogP contribution is -2.11. The molecule has 0 aliphatic carbocycles. The van der Waals surface area contributed by atoms with Crippen LogP contribution in [0.15, 0.2) is 35.8 Å². The molecule has 108 valence electrons. The first-order valence-corrected chi connectivity index (χ1v) is 7.91. The lowest BCUT2D eigenvalue weighted by Gasteiger charge is -2.13. The van der Waals surface area contributed by atoms with E-state index in [1.54, 1.807) is 11.3 Å². The maximum atomic E-state index is 5.83. The molecule has 1 aromatic carbocycles. The van der Waals surface area contributed by atoms with Crippen LogP contribution in [-0.2, 0) is 12.8 Å². The van der Waals surface area contributed by atoms with Crippen molar-refractivity contribution >= 4 is 22.4 Å². The van der Waals surface area contributed by atoms with E-state index < -0.39 is 0 Å². The molecule has 0 aliphatic rings. The number of hydrogen-bond acceptors (Lipinski definition) is 5. The quantitative estimate of drug-likeness (QED) is 0.721. The summed E-state index contributed by atoms with van der Waals surface area (Å²) in [6, 6.07) is 7.88. The molecule has 0 spiro atoms. The normalized spacial score (nSPS) is 11.2. The molecule has 0 atom stereocenters. The van der Waals surface area contributed by atoms with Crippen molar-refractivity contribution in [2.75, 3.05) is 0 Å². The molecule has 0 aliphatic heterocycles. The van der Waals surface area contributed by atoms with Gasteiger partial charge in [0, 0.05) is 24.4 Å². The lowest BCUT2D eigenvalue weighted by molar-refractivity contribution is 0.229. The number of nitrogens with zero attached hydrogens (tertiary/aromatic N) is 3. The minimum atomic E-state index is 0.0825. The van der Waals surface area contributed by atoms with Gasteiger partial charge in [-0.15, -0.1) is 11.3 Å². The number of thiazole rings is 1. The van der Waals surface area contributed by atoms with Crippen molar-refractivity contribution in [2.45, 2.75) is 32.8 Å². The number of aryl methyl sites for hydroxylation is 2. The van der Waals surface area contributed by atoms with E-state index in [1.165, 1.54) is 0 Å². The number of aromatic nitrogens is 3. The topological polar surface area (TPSA) is 47.9 Å². The van der Waals surface area contributed by atoms with E-state index in [9.17, 15) is 0 Å². The van der Waals surface area contributed by atoms with Crippen molar-refractivity contribution in [1.29, 1.82) is 0 Å². The predicted molar refractivity (Wildman–Crippen MR) is 84.8 cm³/mol. The second kappa shape index (κ2) is 6.18. The van der Waals surface area contributed by atoms with Gasteiger partial charge in [0.25, 0.3) is 0 Å². The Morgan fingerprint density at radius 3 is 2.52 bits per heavy atom. The average molecular weight is 299 g/mol. The van der Waals surface area contributed by atoms with Gasteiger partial charge < -0.3 is 4.74 Å². The number of para-hydroxylation sites is 2. The SMILES string of the molecule is CC(C)Oc1nc2ccccc2nc1CCc1nccs1. The maximum absolute atomic E-state index is 5.83. The van der Waals surface area contributed by atoms with Crippen molar-refractivity contribution in [3.8, 4) is 5.88 Å². The first-order chi connectivity index (χ1) is 10.2. The fourth-order valence-electron chi connectivity index (χ4n) is 2.10. The number of rotatable bonds is 5. The molecular weight excluding hydrogens is 282 g/mol. The highest BCUT2D eigenvalue weighted by atomic mass is 32.1. The van der Waals surface area contributed by atoms with E-state index in [1.807, 2.05) is 49.7 Å². The highest BCUT2D eigenvalue weighted by Gasteiger charge is 2.12. The summed E-state index contributed by atoms with van der Waals surface area (Å²) in [7, 11) is 0. The predicted octanol–water partition coefficient (Wildman–Crippen LogP) is 3.66. The van der Waals surface area contributed by atoms with Crippen molar-refractivity contribution in [1.82, 2.24) is 15.0 Å². The molecule has 4 nitrogen and oxygen atoms in total. The second-order valence-corrected chi connectivity index (χ2v) is 6.04. The van der Waals surface area contributed by atoms with Crippen LogP contribution in [0.2, 0.25) is 0 Å². The van der Waals surface area contributed by atoms with Gasteiger partial charge in [0.1, 0.15) is 5.69 Å². The molecule has 2 heterocycles. The van der Waals surface area contributed by atoms with E-state index in [-0.39, 0.29) is 6.10 Å². The zero-order chi connectivity index (χ0) is 14.7. The van der Waals surface area contributed by atoms with Crippen LogP contribution in [0.3, 0.4) is 0 Å². The third kappa shape index (κ3) is 3.36. The molecule has 0 amide bonds. The van der Waals surface area contributed by atoms with E-state index in [4.69, 9.17) is 9.72 Å². The van der Waals surface area contributed by atoms with E-state index in [2.05, 4.69) is 9.97 Å². The summed E-state index contributed by atoms with van der Waals surface area (Å²) in [4.78, 5) is 13.6. The monoisotopic (exact) mass is 299 g/mol. The van der Waals surface area contributed by atoms with Crippen LogP contribution in [0.25, 0.3) is 11.0 Å².